The van der Waals surface area contributed by atoms with Gasteiger partial charge in [-0.25, -0.2) is 13.6 Å². The van der Waals surface area contributed by atoms with E-state index in [0.29, 0.717) is 59.0 Å². The summed E-state index contributed by atoms with van der Waals surface area (Å²) in [5.41, 5.74) is 2.49. The predicted octanol–water partition coefficient (Wildman–Crippen LogP) is 6.60. The number of halogens is 2. The van der Waals surface area contributed by atoms with Gasteiger partial charge in [-0.2, -0.15) is 0 Å². The van der Waals surface area contributed by atoms with Gasteiger partial charge in [-0.3, -0.25) is 4.98 Å². The third kappa shape index (κ3) is 6.09. The first-order valence-electron chi connectivity index (χ1n) is 11.7. The molecule has 0 atom stereocenters. The van der Waals surface area contributed by atoms with Crippen LogP contribution in [0.5, 0.6) is 23.0 Å². The molecule has 10 heteroatoms. The first-order valence-corrected chi connectivity index (χ1v) is 11.7. The molecule has 8 nitrogen and oxygen atoms in total. The third-order valence-corrected chi connectivity index (χ3v) is 5.70. The Balaban J connectivity index is 1.55. The van der Waals surface area contributed by atoms with Crippen molar-refractivity contribution in [2.24, 2.45) is 0 Å². The lowest BCUT2D eigenvalue weighted by molar-refractivity contribution is 0.144. The number of carbonyl (C=O) groups excluding carboxylic acids is 1. The molecule has 4 rings (SSSR count). The van der Waals surface area contributed by atoms with Gasteiger partial charge >= 0.3 is 6.03 Å². The zero-order valence-corrected chi connectivity index (χ0v) is 21.4. The predicted molar refractivity (Wildman–Crippen MR) is 141 cm³/mol. The van der Waals surface area contributed by atoms with Gasteiger partial charge in [-0.1, -0.05) is 0 Å². The summed E-state index contributed by atoms with van der Waals surface area (Å²) in [7, 11) is 3.16. The van der Waals surface area contributed by atoms with Crippen LogP contribution in [0.3, 0.4) is 0 Å². The number of fused-ring (bicyclic) bond motifs is 1. The average Bonchev–Trinajstić information content (AvgIpc) is 2.88. The number of anilines is 2. The van der Waals surface area contributed by atoms with Gasteiger partial charge in [0.1, 0.15) is 29.7 Å². The summed E-state index contributed by atoms with van der Waals surface area (Å²) in [4.78, 5) is 16.9. The molecule has 0 aliphatic heterocycles. The molecular formula is C28H27F2N3O5. The summed E-state index contributed by atoms with van der Waals surface area (Å²) >= 11 is 0. The van der Waals surface area contributed by atoms with Gasteiger partial charge in [0.2, 0.25) is 0 Å². The standard InChI is InChI=1S/C28H27F2N3O5/c1-16-12-25(17(2)11-22(16)33-28(34)32-21-6-5-18(29)13-20(21)30)38-24-7-8-31-23-15-27(37-10-9-35-3)26(36-4)14-19(23)24/h5-8,11-15H,9-10H2,1-4H3,(H2,32,33,34). The number of urea groups is 1. The zero-order valence-electron chi connectivity index (χ0n) is 21.4. The molecule has 0 fully saturated rings. The monoisotopic (exact) mass is 523 g/mol. The van der Waals surface area contributed by atoms with Crippen molar-refractivity contribution in [2.45, 2.75) is 13.8 Å². The number of rotatable bonds is 9. The van der Waals surface area contributed by atoms with E-state index < -0.39 is 17.7 Å². The van der Waals surface area contributed by atoms with Crippen LogP contribution >= 0.6 is 0 Å². The number of carbonyl (C=O) groups is 1. The van der Waals surface area contributed by atoms with Crippen LogP contribution in [0.25, 0.3) is 10.9 Å². The second-order valence-electron chi connectivity index (χ2n) is 8.41. The van der Waals surface area contributed by atoms with E-state index >= 15 is 0 Å². The van der Waals surface area contributed by atoms with Crippen molar-refractivity contribution in [1.82, 2.24) is 4.98 Å². The minimum Gasteiger partial charge on any atom is -0.493 e. The number of nitrogens with one attached hydrogen (secondary N) is 2. The molecule has 2 N–H and O–H groups in total. The van der Waals surface area contributed by atoms with Crippen molar-refractivity contribution in [3.8, 4) is 23.0 Å². The molecule has 0 radical (unpaired) electrons. The highest BCUT2D eigenvalue weighted by molar-refractivity contribution is 6.00. The van der Waals surface area contributed by atoms with Gasteiger partial charge in [0, 0.05) is 36.5 Å². The van der Waals surface area contributed by atoms with Gasteiger partial charge in [0.05, 0.1) is 24.9 Å². The van der Waals surface area contributed by atoms with Crippen molar-refractivity contribution < 1.29 is 32.5 Å². The maximum Gasteiger partial charge on any atom is 0.323 e. The molecule has 0 aliphatic carbocycles. The Morgan fingerprint density at radius 1 is 0.842 bits per heavy atom. The van der Waals surface area contributed by atoms with Crippen molar-refractivity contribution >= 4 is 28.3 Å². The van der Waals surface area contributed by atoms with Crippen LogP contribution in [0.1, 0.15) is 11.1 Å². The van der Waals surface area contributed by atoms with Gasteiger partial charge in [0.15, 0.2) is 11.5 Å². The lowest BCUT2D eigenvalue weighted by Gasteiger charge is -2.16. The van der Waals surface area contributed by atoms with E-state index in [0.717, 1.165) is 23.1 Å². The van der Waals surface area contributed by atoms with Crippen molar-refractivity contribution in [3.63, 3.8) is 0 Å². The minimum absolute atomic E-state index is 0.134. The maximum atomic E-state index is 13.9. The number of hydrogen-bond acceptors (Lipinski definition) is 6. The fourth-order valence-electron chi connectivity index (χ4n) is 3.74. The van der Waals surface area contributed by atoms with Crippen molar-refractivity contribution in [2.75, 3.05) is 38.1 Å². The van der Waals surface area contributed by atoms with E-state index in [2.05, 4.69) is 15.6 Å². The summed E-state index contributed by atoms with van der Waals surface area (Å²) < 4.78 is 49.6. The normalized spacial score (nSPS) is 10.8. The summed E-state index contributed by atoms with van der Waals surface area (Å²) in [5.74, 6) is 0.610. The molecule has 1 heterocycles. The van der Waals surface area contributed by atoms with Crippen LogP contribution in [-0.2, 0) is 4.74 Å². The van der Waals surface area contributed by atoms with Crippen molar-refractivity contribution in [3.05, 3.63) is 77.5 Å². The molecule has 0 saturated carbocycles. The quantitative estimate of drug-likeness (QED) is 0.240. The molecule has 38 heavy (non-hydrogen) atoms. The van der Waals surface area contributed by atoms with Gasteiger partial charge in [0.25, 0.3) is 0 Å². The lowest BCUT2D eigenvalue weighted by atomic mass is 10.1. The van der Waals surface area contributed by atoms with E-state index in [1.807, 2.05) is 6.92 Å². The maximum absolute atomic E-state index is 13.9. The second-order valence-corrected chi connectivity index (χ2v) is 8.41. The first-order chi connectivity index (χ1) is 18.3. The number of aryl methyl sites for hydroxylation is 2. The molecule has 1 aromatic heterocycles. The Bertz CT molecular complexity index is 1480. The Morgan fingerprint density at radius 3 is 2.37 bits per heavy atom. The van der Waals surface area contributed by atoms with Gasteiger partial charge in [-0.05, 0) is 61.4 Å². The van der Waals surface area contributed by atoms with E-state index in [1.54, 1.807) is 57.7 Å². The van der Waals surface area contributed by atoms with E-state index in [9.17, 15) is 13.6 Å². The van der Waals surface area contributed by atoms with Gasteiger partial charge in [-0.15, -0.1) is 0 Å². The highest BCUT2D eigenvalue weighted by Crippen LogP contribution is 2.38. The smallest absolute Gasteiger partial charge is 0.323 e. The highest BCUT2D eigenvalue weighted by Gasteiger charge is 2.15. The SMILES string of the molecule is COCCOc1cc2nccc(Oc3cc(C)c(NC(=O)Nc4ccc(F)cc4F)cc3C)c2cc1OC. The summed E-state index contributed by atoms with van der Waals surface area (Å²) in [5, 5.41) is 5.79. The zero-order chi connectivity index (χ0) is 27.2. The Hall–Kier alpha value is -4.44. The number of methoxy groups -OCH3 is 2. The molecule has 198 valence electrons. The number of ether oxygens (including phenoxy) is 4. The van der Waals surface area contributed by atoms with Gasteiger partial charge < -0.3 is 29.6 Å². The number of amides is 2. The van der Waals surface area contributed by atoms with Crippen LogP contribution in [-0.4, -0.2) is 38.4 Å². The number of hydrogen-bond donors (Lipinski definition) is 2. The van der Waals surface area contributed by atoms with Crippen LogP contribution in [0.15, 0.2) is 54.7 Å². The highest BCUT2D eigenvalue weighted by atomic mass is 19.1. The van der Waals surface area contributed by atoms with Crippen molar-refractivity contribution in [1.29, 1.82) is 0 Å². The third-order valence-electron chi connectivity index (χ3n) is 5.70. The molecular weight excluding hydrogens is 496 g/mol. The molecule has 0 aliphatic rings. The molecule has 0 spiro atoms. The molecule has 3 aromatic carbocycles. The summed E-state index contributed by atoms with van der Waals surface area (Å²) in [6.45, 7) is 4.44. The number of pyridine rings is 1. The van der Waals surface area contributed by atoms with Crippen LogP contribution in [0.2, 0.25) is 0 Å². The molecule has 4 aromatic rings. The Labute approximate surface area is 218 Å². The van der Waals surface area contributed by atoms with Crippen LogP contribution < -0.4 is 24.8 Å². The Kier molecular flexibility index (Phi) is 8.22. The fourth-order valence-corrected chi connectivity index (χ4v) is 3.74. The first kappa shape index (κ1) is 26.6. The second kappa shape index (κ2) is 11.7. The minimum atomic E-state index is -0.869. The number of nitrogens with zero attached hydrogens (tertiary/aromatic N) is 1. The van der Waals surface area contributed by atoms with Crippen LogP contribution in [0, 0.1) is 25.5 Å². The number of aromatic nitrogens is 1. The van der Waals surface area contributed by atoms with E-state index in [-0.39, 0.29) is 5.69 Å². The fraction of sp³-hybridized carbons (Fsp3) is 0.214. The largest absolute Gasteiger partial charge is 0.493 e. The van der Waals surface area contributed by atoms with E-state index in [1.165, 1.54) is 0 Å². The lowest BCUT2D eigenvalue weighted by Crippen LogP contribution is -2.20. The molecule has 0 saturated heterocycles. The van der Waals surface area contributed by atoms with E-state index in [4.69, 9.17) is 18.9 Å². The molecule has 0 bridgehead atoms. The average molecular weight is 524 g/mol. The topological polar surface area (TPSA) is 90.9 Å². The molecule has 2 amide bonds. The summed E-state index contributed by atoms with van der Waals surface area (Å²) in [6.07, 6.45) is 1.64. The van der Waals surface area contributed by atoms with Crippen LogP contribution in [0.4, 0.5) is 25.0 Å². The Morgan fingerprint density at radius 2 is 1.63 bits per heavy atom. The summed E-state index contributed by atoms with van der Waals surface area (Å²) in [6, 6.07) is 11.1. The molecule has 0 unspecified atom stereocenters. The number of benzene rings is 3.